The van der Waals surface area contributed by atoms with Crippen molar-refractivity contribution in [2.24, 2.45) is 0 Å². The topological polar surface area (TPSA) is 54.0 Å². The van der Waals surface area contributed by atoms with Crippen LogP contribution in [0.1, 0.15) is 33.6 Å². The van der Waals surface area contributed by atoms with E-state index in [1.165, 1.54) is 0 Å². The maximum atomic E-state index is 11.2. The second kappa shape index (κ2) is 7.81. The minimum Gasteiger partial charge on any atom is -0.436 e. The Balaban J connectivity index is 4.41. The molecule has 0 aliphatic carbocycles. The van der Waals surface area contributed by atoms with Crippen molar-refractivity contribution in [3.63, 3.8) is 0 Å². The molecule has 0 aromatic rings. The van der Waals surface area contributed by atoms with E-state index in [2.05, 4.69) is 0 Å². The lowest BCUT2D eigenvalue weighted by Crippen LogP contribution is -2.50. The Kier molecular flexibility index (Phi) is 7.61. The van der Waals surface area contributed by atoms with Crippen LogP contribution in [0.2, 0.25) is 6.55 Å². The summed E-state index contributed by atoms with van der Waals surface area (Å²) in [7, 11) is 0.857. The number of ether oxygens (including phenoxy) is 2. The zero-order valence-electron chi connectivity index (χ0n) is 11.6. The van der Waals surface area contributed by atoms with E-state index >= 15 is 0 Å². The molecular formula is C11H24O5Si. The molecule has 0 aromatic heterocycles. The molecule has 0 heterocycles. The van der Waals surface area contributed by atoms with Crippen LogP contribution in [0.15, 0.2) is 0 Å². The molecule has 0 N–H and O–H groups in total. The summed E-state index contributed by atoms with van der Waals surface area (Å²) in [6.45, 7) is 7.44. The van der Waals surface area contributed by atoms with Crippen LogP contribution < -0.4 is 0 Å². The van der Waals surface area contributed by atoms with Gasteiger partial charge >= 0.3 is 14.5 Å². The van der Waals surface area contributed by atoms with Crippen LogP contribution in [0.5, 0.6) is 0 Å². The van der Waals surface area contributed by atoms with Gasteiger partial charge in [-0.3, -0.25) is 4.79 Å². The summed E-state index contributed by atoms with van der Waals surface area (Å²) in [4.78, 5) is 11.2. The van der Waals surface area contributed by atoms with E-state index in [0.29, 0.717) is 12.8 Å². The van der Waals surface area contributed by atoms with Crippen molar-refractivity contribution >= 4 is 14.5 Å². The summed E-state index contributed by atoms with van der Waals surface area (Å²) in [5.41, 5.74) is -0.216. The first-order valence-corrected chi connectivity index (χ1v) is 8.28. The molecule has 5 nitrogen and oxygen atoms in total. The van der Waals surface area contributed by atoms with Gasteiger partial charge in [0.05, 0.1) is 0 Å². The summed E-state index contributed by atoms with van der Waals surface area (Å²) in [6.07, 6.45) is 0.417. The predicted molar refractivity (Wildman–Crippen MR) is 66.6 cm³/mol. The quantitative estimate of drug-likeness (QED) is 0.381. The van der Waals surface area contributed by atoms with E-state index in [9.17, 15) is 4.79 Å². The van der Waals surface area contributed by atoms with Crippen LogP contribution in [0.3, 0.4) is 0 Å². The fourth-order valence-electron chi connectivity index (χ4n) is 1.20. The SMILES string of the molecule is CCC(=O)OC(CC)OC(C)[Si](C)(OC)OC. The zero-order valence-corrected chi connectivity index (χ0v) is 12.6. The van der Waals surface area contributed by atoms with E-state index in [0.717, 1.165) is 0 Å². The van der Waals surface area contributed by atoms with E-state index in [4.69, 9.17) is 18.3 Å². The third kappa shape index (κ3) is 5.16. The van der Waals surface area contributed by atoms with Crippen molar-refractivity contribution in [1.82, 2.24) is 0 Å². The summed E-state index contributed by atoms with van der Waals surface area (Å²) >= 11 is 0. The summed E-state index contributed by atoms with van der Waals surface area (Å²) in [5.74, 6) is -0.262. The monoisotopic (exact) mass is 264 g/mol. The molecule has 0 radical (unpaired) electrons. The predicted octanol–water partition coefficient (Wildman–Crippen LogP) is 1.98. The number of hydrogen-bond acceptors (Lipinski definition) is 5. The molecule has 102 valence electrons. The van der Waals surface area contributed by atoms with Gasteiger partial charge in [-0.1, -0.05) is 13.8 Å². The minimum atomic E-state index is -2.35. The van der Waals surface area contributed by atoms with Crippen LogP contribution >= 0.6 is 0 Å². The molecule has 0 aliphatic rings. The largest absolute Gasteiger partial charge is 0.436 e. The maximum Gasteiger partial charge on any atom is 0.364 e. The molecule has 0 bridgehead atoms. The Bertz CT molecular complexity index is 230. The molecule has 17 heavy (non-hydrogen) atoms. The Morgan fingerprint density at radius 2 is 1.76 bits per heavy atom. The number of carbonyl (C=O) groups is 1. The number of esters is 1. The van der Waals surface area contributed by atoms with Gasteiger partial charge in [0.25, 0.3) is 0 Å². The first-order valence-electron chi connectivity index (χ1n) is 5.88. The van der Waals surface area contributed by atoms with Gasteiger partial charge in [0.15, 0.2) is 0 Å². The second-order valence-corrected chi connectivity index (χ2v) is 7.55. The van der Waals surface area contributed by atoms with Gasteiger partial charge in [-0.2, -0.15) is 0 Å². The molecular weight excluding hydrogens is 240 g/mol. The lowest BCUT2D eigenvalue weighted by Gasteiger charge is -2.31. The number of carbonyl (C=O) groups excluding carboxylic acids is 1. The highest BCUT2D eigenvalue weighted by Crippen LogP contribution is 2.17. The van der Waals surface area contributed by atoms with Crippen molar-refractivity contribution in [3.8, 4) is 0 Å². The van der Waals surface area contributed by atoms with Crippen LogP contribution in [0.25, 0.3) is 0 Å². The van der Waals surface area contributed by atoms with Crippen molar-refractivity contribution in [2.45, 2.75) is 52.2 Å². The highest BCUT2D eigenvalue weighted by atomic mass is 28.4. The molecule has 0 amide bonds. The van der Waals surface area contributed by atoms with Crippen molar-refractivity contribution in [3.05, 3.63) is 0 Å². The third-order valence-electron chi connectivity index (χ3n) is 2.79. The van der Waals surface area contributed by atoms with E-state index < -0.39 is 14.9 Å². The number of rotatable bonds is 8. The van der Waals surface area contributed by atoms with Crippen LogP contribution in [0, 0.1) is 0 Å². The standard InChI is InChI=1S/C11H24O5Si/c1-7-10(12)16-11(8-2)15-9(3)17(6,13-4)14-5/h9,11H,7-8H2,1-6H3. The summed E-state index contributed by atoms with van der Waals surface area (Å²) < 4.78 is 21.6. The summed E-state index contributed by atoms with van der Waals surface area (Å²) in [5, 5.41) is 0. The summed E-state index contributed by atoms with van der Waals surface area (Å²) in [6, 6.07) is 0. The van der Waals surface area contributed by atoms with Crippen LogP contribution in [-0.4, -0.2) is 40.8 Å². The van der Waals surface area contributed by atoms with Crippen molar-refractivity contribution in [2.75, 3.05) is 14.2 Å². The Morgan fingerprint density at radius 1 is 1.24 bits per heavy atom. The Morgan fingerprint density at radius 3 is 2.12 bits per heavy atom. The van der Waals surface area contributed by atoms with Gasteiger partial charge in [-0.25, -0.2) is 0 Å². The molecule has 0 fully saturated rings. The lowest BCUT2D eigenvalue weighted by atomic mass is 10.4. The fourth-order valence-corrected chi connectivity index (χ4v) is 2.43. The molecule has 0 saturated heterocycles. The highest BCUT2D eigenvalue weighted by Gasteiger charge is 2.39. The van der Waals surface area contributed by atoms with E-state index in [-0.39, 0.29) is 11.7 Å². The normalized spacial score (nSPS) is 15.4. The van der Waals surface area contributed by atoms with E-state index in [1.54, 1.807) is 21.1 Å². The lowest BCUT2D eigenvalue weighted by molar-refractivity contribution is -0.184. The second-order valence-electron chi connectivity index (χ2n) is 3.88. The van der Waals surface area contributed by atoms with Gasteiger partial charge in [0, 0.05) is 27.1 Å². The van der Waals surface area contributed by atoms with Crippen LogP contribution in [0.4, 0.5) is 0 Å². The smallest absolute Gasteiger partial charge is 0.364 e. The van der Waals surface area contributed by atoms with Gasteiger partial charge < -0.3 is 18.3 Å². The van der Waals surface area contributed by atoms with Crippen LogP contribution in [-0.2, 0) is 23.1 Å². The molecule has 0 aliphatic heterocycles. The highest BCUT2D eigenvalue weighted by molar-refractivity contribution is 6.67. The zero-order chi connectivity index (χ0) is 13.5. The fraction of sp³-hybridized carbons (Fsp3) is 0.909. The van der Waals surface area contributed by atoms with Gasteiger partial charge in [0.1, 0.15) is 5.73 Å². The Hall–Kier alpha value is -0.433. The van der Waals surface area contributed by atoms with Gasteiger partial charge in [-0.05, 0) is 13.5 Å². The first kappa shape index (κ1) is 16.6. The molecule has 6 heteroatoms. The number of hydrogen-bond donors (Lipinski definition) is 0. The molecule has 0 saturated carbocycles. The van der Waals surface area contributed by atoms with Gasteiger partial charge in [0.2, 0.25) is 6.29 Å². The maximum absolute atomic E-state index is 11.2. The molecule has 0 aromatic carbocycles. The molecule has 2 unspecified atom stereocenters. The average molecular weight is 264 g/mol. The average Bonchev–Trinajstić information content (AvgIpc) is 2.36. The molecule has 2 atom stereocenters. The minimum absolute atomic E-state index is 0.216. The third-order valence-corrected chi connectivity index (χ3v) is 6.02. The molecule has 0 rings (SSSR count). The Labute approximate surface area is 105 Å². The van der Waals surface area contributed by atoms with Crippen molar-refractivity contribution in [1.29, 1.82) is 0 Å². The molecule has 0 spiro atoms. The van der Waals surface area contributed by atoms with Gasteiger partial charge in [-0.15, -0.1) is 0 Å². The van der Waals surface area contributed by atoms with Crippen molar-refractivity contribution < 1.29 is 23.1 Å². The first-order chi connectivity index (χ1) is 7.93. The van der Waals surface area contributed by atoms with E-state index in [1.807, 2.05) is 20.4 Å².